The zero-order chi connectivity index (χ0) is 8.81. The Hall–Kier alpha value is -0.270. The van der Waals surface area contributed by atoms with Crippen LogP contribution in [0.5, 0.6) is 0 Å². The molecule has 66 valence electrons. The average molecular weight is 204 g/mol. The lowest BCUT2D eigenvalue weighted by molar-refractivity contribution is 0.771. The molecule has 1 aromatic rings. The minimum absolute atomic E-state index is 0.0532. The Balaban J connectivity index is 2.48. The summed E-state index contributed by atoms with van der Waals surface area (Å²) >= 11 is 11.6. The first-order valence-corrected chi connectivity index (χ1v) is 4.91. The van der Waals surface area contributed by atoms with Crippen LogP contribution in [0.15, 0.2) is 24.5 Å². The number of nitrogens with zero attached hydrogens (tertiary/aromatic N) is 1. The lowest BCUT2D eigenvalue weighted by Gasteiger charge is -2.06. The molecular formula is C9H11Cl2N. The largest absolute Gasteiger partial charge is 0.264 e. The molecule has 1 rings (SSSR count). The number of rotatable bonds is 4. The smallest absolute Gasteiger partial charge is 0.0600 e. The Morgan fingerprint density at radius 2 is 2.33 bits per heavy atom. The highest BCUT2D eigenvalue weighted by atomic mass is 35.5. The van der Waals surface area contributed by atoms with Gasteiger partial charge in [0.05, 0.1) is 5.38 Å². The van der Waals surface area contributed by atoms with Gasteiger partial charge in [0.1, 0.15) is 0 Å². The Morgan fingerprint density at radius 3 is 2.92 bits per heavy atom. The molecule has 1 unspecified atom stereocenters. The Kier molecular flexibility index (Phi) is 4.41. The molecule has 3 heteroatoms. The molecule has 12 heavy (non-hydrogen) atoms. The van der Waals surface area contributed by atoms with Crippen molar-refractivity contribution in [1.29, 1.82) is 0 Å². The fourth-order valence-corrected chi connectivity index (χ4v) is 1.42. The first-order valence-electron chi connectivity index (χ1n) is 3.94. The second-order valence-electron chi connectivity index (χ2n) is 2.59. The van der Waals surface area contributed by atoms with Gasteiger partial charge in [-0.2, -0.15) is 0 Å². The number of hydrogen-bond acceptors (Lipinski definition) is 1. The van der Waals surface area contributed by atoms with E-state index in [4.69, 9.17) is 23.2 Å². The van der Waals surface area contributed by atoms with Crippen molar-refractivity contribution in [3.63, 3.8) is 0 Å². The SMILES string of the molecule is ClCCCC(Cl)c1cccnc1. The third-order valence-corrected chi connectivity index (χ3v) is 2.37. The zero-order valence-corrected chi connectivity index (χ0v) is 8.22. The number of pyridine rings is 1. The number of halogens is 2. The molecular weight excluding hydrogens is 193 g/mol. The second kappa shape index (κ2) is 5.39. The van der Waals surface area contributed by atoms with Crippen LogP contribution in [0.2, 0.25) is 0 Å². The number of aromatic nitrogens is 1. The maximum Gasteiger partial charge on any atom is 0.0600 e. The number of alkyl halides is 2. The highest BCUT2D eigenvalue weighted by Crippen LogP contribution is 2.24. The van der Waals surface area contributed by atoms with Gasteiger partial charge in [0.2, 0.25) is 0 Å². The second-order valence-corrected chi connectivity index (χ2v) is 3.49. The van der Waals surface area contributed by atoms with Gasteiger partial charge in [0, 0.05) is 18.3 Å². The van der Waals surface area contributed by atoms with Crippen LogP contribution in [-0.2, 0) is 0 Å². The Bertz CT molecular complexity index is 213. The Morgan fingerprint density at radius 1 is 1.50 bits per heavy atom. The molecule has 0 fully saturated rings. The molecule has 0 aliphatic rings. The van der Waals surface area contributed by atoms with Crippen molar-refractivity contribution >= 4 is 23.2 Å². The molecule has 0 aliphatic carbocycles. The quantitative estimate of drug-likeness (QED) is 0.685. The van der Waals surface area contributed by atoms with Crippen molar-refractivity contribution in [3.05, 3.63) is 30.1 Å². The molecule has 0 saturated heterocycles. The van der Waals surface area contributed by atoms with Crippen molar-refractivity contribution in [2.45, 2.75) is 18.2 Å². The minimum atomic E-state index is 0.0532. The summed E-state index contributed by atoms with van der Waals surface area (Å²) in [7, 11) is 0. The van der Waals surface area contributed by atoms with E-state index < -0.39 is 0 Å². The van der Waals surface area contributed by atoms with E-state index >= 15 is 0 Å². The number of hydrogen-bond donors (Lipinski definition) is 0. The summed E-state index contributed by atoms with van der Waals surface area (Å²) in [6.45, 7) is 0. The fourth-order valence-electron chi connectivity index (χ4n) is 0.984. The van der Waals surface area contributed by atoms with Crippen molar-refractivity contribution < 1.29 is 0 Å². The highest BCUT2D eigenvalue weighted by Gasteiger charge is 2.05. The van der Waals surface area contributed by atoms with Gasteiger partial charge in [-0.1, -0.05) is 6.07 Å². The third-order valence-electron chi connectivity index (χ3n) is 1.64. The molecule has 0 saturated carbocycles. The maximum absolute atomic E-state index is 6.09. The van der Waals surface area contributed by atoms with Crippen LogP contribution in [0.1, 0.15) is 23.8 Å². The van der Waals surface area contributed by atoms with Gasteiger partial charge in [-0.05, 0) is 24.5 Å². The molecule has 0 aliphatic heterocycles. The molecule has 0 aromatic carbocycles. The fraction of sp³-hybridized carbons (Fsp3) is 0.444. The summed E-state index contributed by atoms with van der Waals surface area (Å²) < 4.78 is 0. The molecule has 1 nitrogen and oxygen atoms in total. The van der Waals surface area contributed by atoms with E-state index in [1.165, 1.54) is 0 Å². The molecule has 0 amide bonds. The summed E-state index contributed by atoms with van der Waals surface area (Å²) in [5.74, 6) is 0.670. The molecule has 1 heterocycles. The van der Waals surface area contributed by atoms with E-state index in [2.05, 4.69) is 4.98 Å². The minimum Gasteiger partial charge on any atom is -0.264 e. The van der Waals surface area contributed by atoms with Crippen LogP contribution in [0.4, 0.5) is 0 Å². The van der Waals surface area contributed by atoms with Gasteiger partial charge in [-0.25, -0.2) is 0 Å². The van der Waals surface area contributed by atoms with Gasteiger partial charge in [0.25, 0.3) is 0 Å². The van der Waals surface area contributed by atoms with Crippen LogP contribution < -0.4 is 0 Å². The standard InChI is InChI=1S/C9H11Cl2N/c10-5-1-4-9(11)8-3-2-6-12-7-8/h2-3,6-7,9H,1,4-5H2. The van der Waals surface area contributed by atoms with E-state index in [1.54, 1.807) is 12.4 Å². The van der Waals surface area contributed by atoms with E-state index in [0.29, 0.717) is 5.88 Å². The van der Waals surface area contributed by atoms with Crippen molar-refractivity contribution in [3.8, 4) is 0 Å². The molecule has 1 aromatic heterocycles. The van der Waals surface area contributed by atoms with Crippen molar-refractivity contribution in [2.24, 2.45) is 0 Å². The van der Waals surface area contributed by atoms with E-state index in [1.807, 2.05) is 12.1 Å². The average Bonchev–Trinajstić information content (AvgIpc) is 2.15. The van der Waals surface area contributed by atoms with Crippen LogP contribution in [0.25, 0.3) is 0 Å². The molecule has 1 atom stereocenters. The van der Waals surface area contributed by atoms with Gasteiger partial charge >= 0.3 is 0 Å². The van der Waals surface area contributed by atoms with Crippen LogP contribution in [0, 0.1) is 0 Å². The molecule has 0 bridgehead atoms. The molecule has 0 N–H and O–H groups in total. The monoisotopic (exact) mass is 203 g/mol. The van der Waals surface area contributed by atoms with Crippen LogP contribution >= 0.6 is 23.2 Å². The summed E-state index contributed by atoms with van der Waals surface area (Å²) in [4.78, 5) is 4.00. The van der Waals surface area contributed by atoms with Gasteiger partial charge in [-0.3, -0.25) is 4.98 Å². The normalized spacial score (nSPS) is 12.8. The maximum atomic E-state index is 6.09. The van der Waals surface area contributed by atoms with Crippen LogP contribution in [0.3, 0.4) is 0 Å². The predicted molar refractivity (Wildman–Crippen MR) is 52.8 cm³/mol. The first kappa shape index (κ1) is 9.82. The lowest BCUT2D eigenvalue weighted by atomic mass is 10.1. The van der Waals surface area contributed by atoms with Gasteiger partial charge in [-0.15, -0.1) is 23.2 Å². The van der Waals surface area contributed by atoms with Crippen molar-refractivity contribution in [1.82, 2.24) is 4.98 Å². The van der Waals surface area contributed by atoms with Gasteiger partial charge < -0.3 is 0 Å². The topological polar surface area (TPSA) is 12.9 Å². The lowest BCUT2D eigenvalue weighted by Crippen LogP contribution is -1.91. The zero-order valence-electron chi connectivity index (χ0n) is 6.71. The molecule has 0 radical (unpaired) electrons. The van der Waals surface area contributed by atoms with Gasteiger partial charge in [0.15, 0.2) is 0 Å². The van der Waals surface area contributed by atoms with E-state index in [9.17, 15) is 0 Å². The summed E-state index contributed by atoms with van der Waals surface area (Å²) in [5, 5.41) is 0.0532. The van der Waals surface area contributed by atoms with E-state index in [0.717, 1.165) is 18.4 Å². The molecule has 0 spiro atoms. The Labute approximate surface area is 82.7 Å². The van der Waals surface area contributed by atoms with Crippen molar-refractivity contribution in [2.75, 3.05) is 5.88 Å². The predicted octanol–water partition coefficient (Wildman–Crippen LogP) is 3.38. The van der Waals surface area contributed by atoms with E-state index in [-0.39, 0.29) is 5.38 Å². The summed E-state index contributed by atoms with van der Waals surface area (Å²) in [5.41, 5.74) is 1.07. The summed E-state index contributed by atoms with van der Waals surface area (Å²) in [6.07, 6.45) is 5.40. The first-order chi connectivity index (χ1) is 5.84. The third kappa shape index (κ3) is 3.00. The highest BCUT2D eigenvalue weighted by molar-refractivity contribution is 6.21. The van der Waals surface area contributed by atoms with Crippen LogP contribution in [-0.4, -0.2) is 10.9 Å². The summed E-state index contributed by atoms with van der Waals surface area (Å²) in [6, 6.07) is 3.88.